The van der Waals surface area contributed by atoms with E-state index in [9.17, 15) is 17.6 Å². The summed E-state index contributed by atoms with van der Waals surface area (Å²) in [6.07, 6.45) is -2.11. The number of alkyl halides is 4. The van der Waals surface area contributed by atoms with Gasteiger partial charge in [0.25, 0.3) is 0 Å². The lowest BCUT2D eigenvalue weighted by atomic mass is 9.77. The number of hydrogen-bond donors (Lipinski definition) is 3. The summed E-state index contributed by atoms with van der Waals surface area (Å²) < 4.78 is 52.0. The molecule has 25 heavy (non-hydrogen) atoms. The third-order valence-electron chi connectivity index (χ3n) is 4.18. The van der Waals surface area contributed by atoms with E-state index in [0.29, 0.717) is 17.1 Å². The lowest BCUT2D eigenvalue weighted by Gasteiger charge is -2.40. The first-order chi connectivity index (χ1) is 11.8. The maximum Gasteiger partial charge on any atom is 0.416 e. The molecular weight excluding hydrogens is 338 g/mol. The van der Waals surface area contributed by atoms with Gasteiger partial charge in [-0.3, -0.25) is 5.10 Å². The topological polar surface area (TPSA) is 76.5 Å². The van der Waals surface area contributed by atoms with Crippen molar-refractivity contribution in [3.63, 3.8) is 0 Å². The smallest absolute Gasteiger partial charge is 0.365 e. The van der Waals surface area contributed by atoms with E-state index >= 15 is 0 Å². The number of hydrogen-bond acceptors (Lipinski definition) is 4. The Balaban J connectivity index is 1.59. The average Bonchev–Trinajstić information content (AvgIpc) is 3.00. The van der Waals surface area contributed by atoms with Crippen molar-refractivity contribution in [2.24, 2.45) is 0 Å². The maximum absolute atomic E-state index is 14.3. The van der Waals surface area contributed by atoms with Crippen molar-refractivity contribution in [1.82, 2.24) is 15.5 Å². The van der Waals surface area contributed by atoms with Crippen LogP contribution in [0.1, 0.15) is 18.4 Å². The Labute approximate surface area is 141 Å². The molecular formula is C16H15F4N5. The molecule has 0 radical (unpaired) electrons. The normalized spacial score (nSPS) is 22.8. The number of H-pyrrole nitrogens is 1. The van der Waals surface area contributed by atoms with Gasteiger partial charge in [0.1, 0.15) is 11.5 Å². The molecule has 0 spiro atoms. The summed E-state index contributed by atoms with van der Waals surface area (Å²) in [7, 11) is 0. The van der Waals surface area contributed by atoms with Crippen LogP contribution in [0.25, 0.3) is 11.3 Å². The number of halogens is 4. The number of rotatable bonds is 5. The van der Waals surface area contributed by atoms with Gasteiger partial charge in [-0.1, -0.05) is 12.1 Å². The van der Waals surface area contributed by atoms with Crippen molar-refractivity contribution in [2.45, 2.75) is 30.7 Å². The number of nitriles is 1. The van der Waals surface area contributed by atoms with E-state index in [-0.39, 0.29) is 25.4 Å². The minimum atomic E-state index is -4.38. The molecule has 1 aliphatic rings. The molecule has 1 aliphatic carbocycles. The van der Waals surface area contributed by atoms with Crippen molar-refractivity contribution < 1.29 is 17.6 Å². The number of aromatic amines is 1. The molecule has 3 rings (SSSR count). The van der Waals surface area contributed by atoms with Crippen LogP contribution in [0.2, 0.25) is 0 Å². The maximum atomic E-state index is 14.3. The quantitative estimate of drug-likeness (QED) is 0.437. The van der Waals surface area contributed by atoms with E-state index in [1.54, 1.807) is 12.3 Å². The Morgan fingerprint density at radius 1 is 1.28 bits per heavy atom. The van der Waals surface area contributed by atoms with E-state index in [1.807, 2.05) is 0 Å². The third-order valence-corrected chi connectivity index (χ3v) is 4.18. The van der Waals surface area contributed by atoms with E-state index in [1.165, 1.54) is 12.1 Å². The van der Waals surface area contributed by atoms with E-state index in [4.69, 9.17) is 5.26 Å². The second-order valence-corrected chi connectivity index (χ2v) is 6.11. The molecule has 1 heterocycles. The lowest BCUT2D eigenvalue weighted by molar-refractivity contribution is -0.137. The molecule has 0 atom stereocenters. The standard InChI is InChI=1S/C16H15F4N5/c17-15(6-12(7-15)23-9-21)8-22-14-5-13(24-25-14)10-1-3-11(4-2-10)16(18,19)20/h1-5,12,23H,6-8H2,(H2,22,24,25). The first-order valence-electron chi connectivity index (χ1n) is 7.59. The predicted octanol–water partition coefficient (Wildman–Crippen LogP) is 3.45. The number of anilines is 1. The molecule has 1 fully saturated rings. The zero-order valence-electron chi connectivity index (χ0n) is 13.0. The second kappa shape index (κ2) is 6.27. The molecule has 0 aliphatic heterocycles. The number of nitrogens with zero attached hydrogens (tertiary/aromatic N) is 2. The van der Waals surface area contributed by atoms with Gasteiger partial charge in [-0.05, 0) is 17.7 Å². The van der Waals surface area contributed by atoms with Gasteiger partial charge in [0.2, 0.25) is 0 Å². The Morgan fingerprint density at radius 3 is 2.56 bits per heavy atom. The third kappa shape index (κ3) is 3.84. The fraction of sp³-hybridized carbons (Fsp3) is 0.375. The largest absolute Gasteiger partial charge is 0.416 e. The van der Waals surface area contributed by atoms with Crippen LogP contribution in [0.15, 0.2) is 30.3 Å². The van der Waals surface area contributed by atoms with E-state index in [0.717, 1.165) is 12.1 Å². The van der Waals surface area contributed by atoms with E-state index < -0.39 is 17.4 Å². The molecule has 1 saturated carbocycles. The summed E-state index contributed by atoms with van der Waals surface area (Å²) in [5.74, 6) is 0.406. The van der Waals surface area contributed by atoms with Crippen LogP contribution in [0.3, 0.4) is 0 Å². The molecule has 0 amide bonds. The molecule has 9 heteroatoms. The minimum Gasteiger partial charge on any atom is -0.365 e. The summed E-state index contributed by atoms with van der Waals surface area (Å²) in [6, 6.07) is 6.16. The van der Waals surface area contributed by atoms with Gasteiger partial charge >= 0.3 is 6.18 Å². The zero-order valence-corrected chi connectivity index (χ0v) is 13.0. The molecule has 3 N–H and O–H groups in total. The highest BCUT2D eigenvalue weighted by Crippen LogP contribution is 2.36. The van der Waals surface area contributed by atoms with Crippen LogP contribution in [0.5, 0.6) is 0 Å². The summed E-state index contributed by atoms with van der Waals surface area (Å²) in [5, 5.41) is 20.6. The van der Waals surface area contributed by atoms with Crippen molar-refractivity contribution in [1.29, 1.82) is 5.26 Å². The van der Waals surface area contributed by atoms with Gasteiger partial charge in [-0.2, -0.15) is 23.5 Å². The van der Waals surface area contributed by atoms with Gasteiger partial charge < -0.3 is 10.6 Å². The zero-order chi connectivity index (χ0) is 18.1. The van der Waals surface area contributed by atoms with Gasteiger partial charge in [-0.25, -0.2) is 4.39 Å². The summed E-state index contributed by atoms with van der Waals surface area (Å²) in [4.78, 5) is 0. The van der Waals surface area contributed by atoms with Crippen LogP contribution in [-0.2, 0) is 6.18 Å². The Hall–Kier alpha value is -2.76. The predicted molar refractivity (Wildman–Crippen MR) is 83.1 cm³/mol. The highest BCUT2D eigenvalue weighted by Gasteiger charge is 2.44. The van der Waals surface area contributed by atoms with Gasteiger partial charge in [0.05, 0.1) is 17.8 Å². The monoisotopic (exact) mass is 353 g/mol. The van der Waals surface area contributed by atoms with Crippen LogP contribution in [-0.4, -0.2) is 28.5 Å². The second-order valence-electron chi connectivity index (χ2n) is 6.11. The van der Waals surface area contributed by atoms with Crippen LogP contribution in [0, 0.1) is 11.5 Å². The fourth-order valence-corrected chi connectivity index (χ4v) is 2.81. The van der Waals surface area contributed by atoms with Crippen molar-refractivity contribution >= 4 is 5.82 Å². The van der Waals surface area contributed by atoms with Crippen LogP contribution in [0.4, 0.5) is 23.4 Å². The van der Waals surface area contributed by atoms with Gasteiger partial charge in [0, 0.05) is 24.9 Å². The molecule has 0 saturated heterocycles. The fourth-order valence-electron chi connectivity index (χ4n) is 2.81. The SMILES string of the molecule is N#CNC1CC(F)(CNc2cc(-c3ccc(C(F)(F)F)cc3)[nH]n2)C1. The van der Waals surface area contributed by atoms with Gasteiger partial charge in [-0.15, -0.1) is 0 Å². The number of nitrogens with one attached hydrogen (secondary N) is 3. The van der Waals surface area contributed by atoms with Crippen molar-refractivity contribution in [2.75, 3.05) is 11.9 Å². The van der Waals surface area contributed by atoms with Crippen LogP contribution >= 0.6 is 0 Å². The van der Waals surface area contributed by atoms with Gasteiger partial charge in [0.15, 0.2) is 6.19 Å². The molecule has 132 valence electrons. The molecule has 2 aromatic rings. The van der Waals surface area contributed by atoms with Crippen molar-refractivity contribution in [3.8, 4) is 17.5 Å². The van der Waals surface area contributed by atoms with Crippen LogP contribution < -0.4 is 10.6 Å². The van der Waals surface area contributed by atoms with E-state index in [2.05, 4.69) is 20.8 Å². The van der Waals surface area contributed by atoms with Crippen molar-refractivity contribution in [3.05, 3.63) is 35.9 Å². The Bertz CT molecular complexity index is 769. The summed E-state index contributed by atoms with van der Waals surface area (Å²) in [5.41, 5.74) is -1.05. The number of benzene rings is 1. The highest BCUT2D eigenvalue weighted by atomic mass is 19.4. The number of aromatic nitrogens is 2. The highest BCUT2D eigenvalue weighted by molar-refractivity contribution is 5.63. The lowest BCUT2D eigenvalue weighted by Crippen LogP contribution is -2.53. The molecule has 0 unspecified atom stereocenters. The minimum absolute atomic E-state index is 0.0495. The average molecular weight is 353 g/mol. The molecule has 1 aromatic heterocycles. The summed E-state index contributed by atoms with van der Waals surface area (Å²) >= 11 is 0. The Morgan fingerprint density at radius 2 is 1.96 bits per heavy atom. The Kier molecular flexibility index (Phi) is 4.29. The summed E-state index contributed by atoms with van der Waals surface area (Å²) in [6.45, 7) is 0.0495. The molecule has 5 nitrogen and oxygen atoms in total. The first-order valence-corrected chi connectivity index (χ1v) is 7.59. The first kappa shape index (κ1) is 17.1. The molecule has 1 aromatic carbocycles. The molecule has 0 bridgehead atoms.